The highest BCUT2D eigenvalue weighted by molar-refractivity contribution is 7.99. The molecule has 25 heavy (non-hydrogen) atoms. The van der Waals surface area contributed by atoms with Crippen molar-refractivity contribution in [2.75, 3.05) is 12.3 Å². The molecule has 2 aromatic carbocycles. The lowest BCUT2D eigenvalue weighted by atomic mass is 10.1. The Hall–Kier alpha value is -1.37. The van der Waals surface area contributed by atoms with Gasteiger partial charge in [-0.2, -0.15) is 13.2 Å². The number of alkyl halides is 3. The van der Waals surface area contributed by atoms with Crippen molar-refractivity contribution >= 4 is 40.9 Å². The highest BCUT2D eigenvalue weighted by Gasteiger charge is 2.34. The third-order valence-corrected chi connectivity index (χ3v) is 5.64. The zero-order chi connectivity index (χ0) is 18.2. The van der Waals surface area contributed by atoms with Crippen molar-refractivity contribution in [3.05, 3.63) is 69.2 Å². The Balaban J connectivity index is 1.86. The van der Waals surface area contributed by atoms with Crippen LogP contribution in [0.4, 0.5) is 13.2 Å². The average Bonchev–Trinajstić information content (AvgIpc) is 3.03. The van der Waals surface area contributed by atoms with E-state index in [0.717, 1.165) is 23.4 Å². The van der Waals surface area contributed by atoms with Crippen LogP contribution in [0.3, 0.4) is 0 Å². The van der Waals surface area contributed by atoms with Gasteiger partial charge in [-0.3, -0.25) is 4.79 Å². The molecule has 0 bridgehead atoms. The van der Waals surface area contributed by atoms with Crippen LogP contribution >= 0.6 is 35.0 Å². The van der Waals surface area contributed by atoms with Crippen LogP contribution in [0.1, 0.15) is 26.9 Å². The molecule has 1 aliphatic heterocycles. The van der Waals surface area contributed by atoms with Crippen molar-refractivity contribution in [1.29, 1.82) is 0 Å². The molecule has 1 aliphatic rings. The fourth-order valence-electron chi connectivity index (χ4n) is 2.61. The molecule has 2 nitrogen and oxygen atoms in total. The van der Waals surface area contributed by atoms with E-state index in [-0.39, 0.29) is 16.8 Å². The minimum Gasteiger partial charge on any atom is -0.322 e. The number of benzene rings is 2. The monoisotopic (exact) mass is 405 g/mol. The summed E-state index contributed by atoms with van der Waals surface area (Å²) < 4.78 is 38.0. The summed E-state index contributed by atoms with van der Waals surface area (Å²) in [5.74, 6) is 0.394. The van der Waals surface area contributed by atoms with Crippen molar-refractivity contribution in [1.82, 2.24) is 4.90 Å². The third kappa shape index (κ3) is 3.91. The highest BCUT2D eigenvalue weighted by Crippen LogP contribution is 2.42. The van der Waals surface area contributed by atoms with Gasteiger partial charge < -0.3 is 4.90 Å². The average molecular weight is 406 g/mol. The largest absolute Gasteiger partial charge is 0.416 e. The zero-order valence-electron chi connectivity index (χ0n) is 12.7. The molecule has 8 heteroatoms. The van der Waals surface area contributed by atoms with Gasteiger partial charge in [-0.15, -0.1) is 11.8 Å². The van der Waals surface area contributed by atoms with Crippen LogP contribution < -0.4 is 0 Å². The van der Waals surface area contributed by atoms with Crippen LogP contribution in [-0.2, 0) is 6.18 Å². The van der Waals surface area contributed by atoms with Crippen molar-refractivity contribution in [3.63, 3.8) is 0 Å². The number of halogens is 5. The van der Waals surface area contributed by atoms with Crippen molar-refractivity contribution in [2.24, 2.45) is 0 Å². The van der Waals surface area contributed by atoms with Crippen LogP contribution in [0.25, 0.3) is 0 Å². The predicted octanol–water partition coefficient (Wildman–Crippen LogP) is 5.90. The van der Waals surface area contributed by atoms with E-state index in [1.54, 1.807) is 34.9 Å². The molecule has 0 aromatic heterocycles. The van der Waals surface area contributed by atoms with Gasteiger partial charge in [0.25, 0.3) is 5.91 Å². The van der Waals surface area contributed by atoms with E-state index in [4.69, 9.17) is 23.2 Å². The molecule has 2 aromatic rings. The first-order valence-corrected chi connectivity index (χ1v) is 9.12. The van der Waals surface area contributed by atoms with Crippen molar-refractivity contribution in [2.45, 2.75) is 11.6 Å². The van der Waals surface area contributed by atoms with Gasteiger partial charge >= 0.3 is 6.18 Å². The Labute approximate surface area is 156 Å². The molecule has 132 valence electrons. The van der Waals surface area contributed by atoms with E-state index in [9.17, 15) is 18.0 Å². The molecule has 1 heterocycles. The maximum Gasteiger partial charge on any atom is 0.416 e. The molecule has 0 spiro atoms. The number of carbonyl (C=O) groups is 1. The summed E-state index contributed by atoms with van der Waals surface area (Å²) in [5.41, 5.74) is 0.191. The van der Waals surface area contributed by atoms with E-state index in [1.807, 2.05) is 0 Å². The summed E-state index contributed by atoms with van der Waals surface area (Å²) in [6.45, 7) is 0.494. The zero-order valence-corrected chi connectivity index (χ0v) is 15.0. The van der Waals surface area contributed by atoms with Crippen LogP contribution in [0, 0.1) is 0 Å². The second-order valence-corrected chi connectivity index (χ2v) is 7.49. The van der Waals surface area contributed by atoms with Gasteiger partial charge in [-0.25, -0.2) is 0 Å². The summed E-state index contributed by atoms with van der Waals surface area (Å²) in [4.78, 5) is 14.3. The molecule has 1 amide bonds. The first-order valence-electron chi connectivity index (χ1n) is 7.32. The number of hydrogen-bond acceptors (Lipinski definition) is 2. The van der Waals surface area contributed by atoms with Gasteiger partial charge in [0.2, 0.25) is 0 Å². The van der Waals surface area contributed by atoms with Gasteiger partial charge in [-0.1, -0.05) is 29.3 Å². The molecular formula is C17H12Cl2F3NOS. The molecule has 1 saturated heterocycles. The lowest BCUT2D eigenvalue weighted by Crippen LogP contribution is -2.30. The molecule has 3 rings (SSSR count). The fourth-order valence-corrected chi connectivity index (χ4v) is 4.47. The molecule has 1 atom stereocenters. The predicted molar refractivity (Wildman–Crippen MR) is 94.1 cm³/mol. The summed E-state index contributed by atoms with van der Waals surface area (Å²) in [6, 6.07) is 9.31. The Bertz CT molecular complexity index is 795. The van der Waals surface area contributed by atoms with Gasteiger partial charge in [0.05, 0.1) is 5.56 Å². The SMILES string of the molecule is O=C(c1ccc(C(F)(F)F)cc1)N1CCSC1c1ccc(Cl)cc1Cl. The lowest BCUT2D eigenvalue weighted by molar-refractivity contribution is -0.137. The van der Waals surface area contributed by atoms with E-state index in [2.05, 4.69) is 0 Å². The van der Waals surface area contributed by atoms with E-state index >= 15 is 0 Å². The van der Waals surface area contributed by atoms with Crippen LogP contribution in [0.15, 0.2) is 42.5 Å². The number of rotatable bonds is 2. The van der Waals surface area contributed by atoms with E-state index in [1.165, 1.54) is 12.1 Å². The van der Waals surface area contributed by atoms with Crippen molar-refractivity contribution < 1.29 is 18.0 Å². The number of thioether (sulfide) groups is 1. The standard InChI is InChI=1S/C17H12Cl2F3NOS/c18-12-5-6-13(14(19)9-12)16-23(7-8-25-16)15(24)10-1-3-11(4-2-10)17(20,21)22/h1-6,9,16H,7-8H2. The first kappa shape index (κ1) is 18.4. The summed E-state index contributed by atoms with van der Waals surface area (Å²) >= 11 is 13.7. The molecule has 1 fully saturated rings. The van der Waals surface area contributed by atoms with E-state index < -0.39 is 11.7 Å². The van der Waals surface area contributed by atoms with Crippen LogP contribution in [0.2, 0.25) is 10.0 Å². The minimum atomic E-state index is -4.43. The Morgan fingerprint density at radius 2 is 1.80 bits per heavy atom. The minimum absolute atomic E-state index is 0.214. The van der Waals surface area contributed by atoms with Gasteiger partial charge in [-0.05, 0) is 36.4 Å². The van der Waals surface area contributed by atoms with Gasteiger partial charge in [0.1, 0.15) is 5.37 Å². The number of carbonyl (C=O) groups excluding carboxylic acids is 1. The third-order valence-electron chi connectivity index (χ3n) is 3.84. The smallest absolute Gasteiger partial charge is 0.322 e. The fraction of sp³-hybridized carbons (Fsp3) is 0.235. The second kappa shape index (κ2) is 7.09. The maximum atomic E-state index is 12.7. The quantitative estimate of drug-likeness (QED) is 0.619. The topological polar surface area (TPSA) is 20.3 Å². The van der Waals surface area contributed by atoms with Crippen LogP contribution in [-0.4, -0.2) is 23.1 Å². The number of hydrogen-bond donors (Lipinski definition) is 0. The van der Waals surface area contributed by atoms with Gasteiger partial charge in [0, 0.05) is 33.5 Å². The number of amides is 1. The maximum absolute atomic E-state index is 12.7. The number of nitrogens with zero attached hydrogens (tertiary/aromatic N) is 1. The molecule has 0 aliphatic carbocycles. The molecule has 0 saturated carbocycles. The molecular weight excluding hydrogens is 394 g/mol. The highest BCUT2D eigenvalue weighted by atomic mass is 35.5. The summed E-state index contributed by atoms with van der Waals surface area (Å²) in [7, 11) is 0. The lowest BCUT2D eigenvalue weighted by Gasteiger charge is -2.25. The molecule has 0 N–H and O–H groups in total. The Morgan fingerprint density at radius 3 is 2.40 bits per heavy atom. The molecule has 0 radical (unpaired) electrons. The Morgan fingerprint density at radius 1 is 1.12 bits per heavy atom. The first-order chi connectivity index (χ1) is 11.8. The van der Waals surface area contributed by atoms with Gasteiger partial charge in [0.15, 0.2) is 0 Å². The normalized spacial score (nSPS) is 17.8. The summed E-state index contributed by atoms with van der Waals surface area (Å²) in [6.07, 6.45) is -4.43. The van der Waals surface area contributed by atoms with E-state index in [0.29, 0.717) is 16.6 Å². The van der Waals surface area contributed by atoms with Crippen LogP contribution in [0.5, 0.6) is 0 Å². The second-order valence-electron chi connectivity index (χ2n) is 5.46. The Kier molecular flexibility index (Phi) is 5.23. The summed E-state index contributed by atoms with van der Waals surface area (Å²) in [5, 5.41) is 0.661. The van der Waals surface area contributed by atoms with Crippen molar-refractivity contribution in [3.8, 4) is 0 Å². The molecule has 1 unspecified atom stereocenters.